The molecule has 1 heterocycles. The maximum Gasteiger partial charge on any atom is 0.248 e. The van der Waals surface area contributed by atoms with E-state index in [1.165, 1.54) is 22.3 Å². The normalized spacial score (nSPS) is 24.4. The Hall–Kier alpha value is -2.94. The zero-order valence-electron chi connectivity index (χ0n) is 16.7. The molecular weight excluding hydrogens is 356 g/mol. The Morgan fingerprint density at radius 1 is 1.21 bits per heavy atom. The Kier molecular flexibility index (Phi) is 5.88. The van der Waals surface area contributed by atoms with Gasteiger partial charge in [-0.15, -0.1) is 0 Å². The molecule has 2 aliphatic carbocycles. The topological polar surface area (TPSA) is 45.2 Å². The van der Waals surface area contributed by atoms with E-state index < -0.39 is 5.54 Å². The summed E-state index contributed by atoms with van der Waals surface area (Å²) in [5.41, 5.74) is 6.78. The second kappa shape index (κ2) is 8.20. The number of nitrogens with zero attached hydrogens (tertiary/aromatic N) is 1. The van der Waals surface area contributed by atoms with Gasteiger partial charge in [0.05, 0.1) is 0 Å². The first-order chi connectivity index (χ1) is 13.5. The summed E-state index contributed by atoms with van der Waals surface area (Å²) in [7, 11) is 0. The number of aliphatic imine (C=N–C) groups is 1. The monoisotopic (exact) mass is 386 g/mol. The van der Waals surface area contributed by atoms with E-state index >= 15 is 0 Å². The summed E-state index contributed by atoms with van der Waals surface area (Å²) in [5, 5.41) is 0. The largest absolute Gasteiger partial charge is 0.326 e. The maximum atomic E-state index is 11.9. The van der Waals surface area contributed by atoms with Gasteiger partial charge in [0, 0.05) is 35.9 Å². The van der Waals surface area contributed by atoms with Gasteiger partial charge in [-0.1, -0.05) is 61.1 Å². The molecule has 0 spiro atoms. The average Bonchev–Trinajstić information content (AvgIpc) is 2.64. The minimum absolute atomic E-state index is 0. The zero-order chi connectivity index (χ0) is 19.7. The molecule has 29 heavy (non-hydrogen) atoms. The van der Waals surface area contributed by atoms with Crippen LogP contribution in [0, 0.1) is 12.8 Å². The first kappa shape index (κ1) is 20.8. The van der Waals surface area contributed by atoms with Crippen molar-refractivity contribution < 1.29 is 0 Å². The SMILES string of the molecule is C.C/C=C1\C2C=C(C)CC1(N=C/C=C/c1cccc(C)c1)c1ccc(=O)[nH]c1C2. The molecule has 0 aliphatic heterocycles. The van der Waals surface area contributed by atoms with Gasteiger partial charge in [0.1, 0.15) is 5.54 Å². The molecule has 0 saturated heterocycles. The fourth-order valence-electron chi connectivity index (χ4n) is 4.75. The van der Waals surface area contributed by atoms with E-state index in [0.29, 0.717) is 5.92 Å². The van der Waals surface area contributed by atoms with Gasteiger partial charge in [0.25, 0.3) is 0 Å². The van der Waals surface area contributed by atoms with Gasteiger partial charge in [-0.05, 0) is 50.5 Å². The van der Waals surface area contributed by atoms with Gasteiger partial charge in [0.15, 0.2) is 0 Å². The molecule has 1 aromatic carbocycles. The number of fused-ring (bicyclic) bond motifs is 4. The lowest BCUT2D eigenvalue weighted by Crippen LogP contribution is -2.40. The number of allylic oxidation sites excluding steroid dienone is 3. The number of hydrogen-bond donors (Lipinski definition) is 1. The second-order valence-corrected chi connectivity index (χ2v) is 7.87. The highest BCUT2D eigenvalue weighted by molar-refractivity contribution is 5.79. The zero-order valence-corrected chi connectivity index (χ0v) is 16.7. The first-order valence-corrected chi connectivity index (χ1v) is 9.87. The van der Waals surface area contributed by atoms with E-state index in [0.717, 1.165) is 24.1 Å². The van der Waals surface area contributed by atoms with Crippen LogP contribution < -0.4 is 5.56 Å². The highest BCUT2D eigenvalue weighted by atomic mass is 16.1. The van der Waals surface area contributed by atoms with Crippen LogP contribution in [0.3, 0.4) is 0 Å². The summed E-state index contributed by atoms with van der Waals surface area (Å²) in [6.45, 7) is 6.38. The molecule has 4 rings (SSSR count). The Morgan fingerprint density at radius 2 is 2.03 bits per heavy atom. The van der Waals surface area contributed by atoms with Crippen LogP contribution >= 0.6 is 0 Å². The molecule has 3 nitrogen and oxygen atoms in total. The van der Waals surface area contributed by atoms with Crippen LogP contribution in [0.15, 0.2) is 75.6 Å². The van der Waals surface area contributed by atoms with Crippen LogP contribution in [-0.2, 0) is 12.0 Å². The van der Waals surface area contributed by atoms with Gasteiger partial charge < -0.3 is 4.98 Å². The minimum Gasteiger partial charge on any atom is -0.326 e. The number of aryl methyl sites for hydroxylation is 1. The lowest BCUT2D eigenvalue weighted by atomic mass is 9.63. The second-order valence-electron chi connectivity index (χ2n) is 7.87. The quantitative estimate of drug-likeness (QED) is 0.528. The highest BCUT2D eigenvalue weighted by Crippen LogP contribution is 2.51. The molecule has 0 saturated carbocycles. The molecule has 1 aromatic heterocycles. The average molecular weight is 387 g/mol. The molecule has 2 aliphatic rings. The van der Waals surface area contributed by atoms with Crippen molar-refractivity contribution in [3.8, 4) is 0 Å². The van der Waals surface area contributed by atoms with E-state index in [4.69, 9.17) is 4.99 Å². The number of rotatable bonds is 3. The molecule has 2 unspecified atom stereocenters. The third-order valence-electron chi connectivity index (χ3n) is 5.79. The van der Waals surface area contributed by atoms with Crippen molar-refractivity contribution in [3.63, 3.8) is 0 Å². The number of aromatic amines is 1. The molecule has 2 atom stereocenters. The summed E-state index contributed by atoms with van der Waals surface area (Å²) >= 11 is 0. The molecular formula is C26H30N2O. The number of benzene rings is 1. The summed E-state index contributed by atoms with van der Waals surface area (Å²) in [6.07, 6.45) is 12.2. The molecule has 0 amide bonds. The smallest absolute Gasteiger partial charge is 0.248 e. The van der Waals surface area contributed by atoms with E-state index in [9.17, 15) is 4.79 Å². The first-order valence-electron chi connectivity index (χ1n) is 9.87. The Labute approximate surface area is 173 Å². The number of nitrogens with one attached hydrogen (secondary N) is 1. The van der Waals surface area contributed by atoms with Crippen LogP contribution in [0.2, 0.25) is 0 Å². The van der Waals surface area contributed by atoms with Crippen molar-refractivity contribution in [1.29, 1.82) is 0 Å². The van der Waals surface area contributed by atoms with Crippen molar-refractivity contribution in [2.24, 2.45) is 10.9 Å². The standard InChI is InChI=1S/C25H26N2O.CH4/c1-4-21-20-14-18(3)16-25(21,22-10-11-24(28)27-23(22)15-20)26-12-6-9-19-8-5-7-17(2)13-19;/h4-14,20H,15-16H2,1-3H3,(H,27,28);1H4/b9-6+,21-4+,26-12?;. The van der Waals surface area contributed by atoms with Gasteiger partial charge in [-0.2, -0.15) is 0 Å². The molecule has 2 aromatic rings. The summed E-state index contributed by atoms with van der Waals surface area (Å²) in [5.74, 6) is 0.294. The molecule has 0 radical (unpaired) electrons. The molecule has 1 N–H and O–H groups in total. The molecule has 3 heteroatoms. The molecule has 150 valence electrons. The van der Waals surface area contributed by atoms with Gasteiger partial charge in [-0.3, -0.25) is 9.79 Å². The third kappa shape index (κ3) is 3.82. The van der Waals surface area contributed by atoms with E-state index in [1.54, 1.807) is 6.07 Å². The number of aromatic nitrogens is 1. The predicted octanol–water partition coefficient (Wildman–Crippen LogP) is 5.77. The predicted molar refractivity (Wildman–Crippen MR) is 124 cm³/mol. The van der Waals surface area contributed by atoms with Crippen molar-refractivity contribution in [2.45, 2.75) is 46.6 Å². The van der Waals surface area contributed by atoms with Gasteiger partial charge >= 0.3 is 0 Å². The van der Waals surface area contributed by atoms with Crippen molar-refractivity contribution in [1.82, 2.24) is 4.98 Å². The van der Waals surface area contributed by atoms with Crippen molar-refractivity contribution in [3.05, 3.63) is 98.5 Å². The van der Waals surface area contributed by atoms with Crippen molar-refractivity contribution >= 4 is 12.3 Å². The minimum atomic E-state index is -0.424. The lowest BCUT2D eigenvalue weighted by Gasteiger charge is -2.45. The third-order valence-corrected chi connectivity index (χ3v) is 5.79. The molecule has 2 bridgehead atoms. The lowest BCUT2D eigenvalue weighted by molar-refractivity contribution is 0.413. The Bertz CT molecular complexity index is 1080. The van der Waals surface area contributed by atoms with Crippen LogP contribution in [-0.4, -0.2) is 11.2 Å². The molecule has 0 fully saturated rings. The van der Waals surface area contributed by atoms with E-state index in [2.05, 4.69) is 68.2 Å². The number of H-pyrrole nitrogens is 1. The van der Waals surface area contributed by atoms with Crippen LogP contribution in [0.5, 0.6) is 0 Å². The number of hydrogen-bond acceptors (Lipinski definition) is 2. The fourth-order valence-corrected chi connectivity index (χ4v) is 4.75. The highest BCUT2D eigenvalue weighted by Gasteiger charge is 2.46. The number of pyridine rings is 1. The fraction of sp³-hybridized carbons (Fsp3) is 0.308. The van der Waals surface area contributed by atoms with Gasteiger partial charge in [0.2, 0.25) is 5.56 Å². The van der Waals surface area contributed by atoms with Crippen LogP contribution in [0.4, 0.5) is 0 Å². The summed E-state index contributed by atoms with van der Waals surface area (Å²) in [6, 6.07) is 12.0. The van der Waals surface area contributed by atoms with Crippen LogP contribution in [0.1, 0.15) is 50.1 Å². The van der Waals surface area contributed by atoms with E-state index in [-0.39, 0.29) is 13.0 Å². The van der Waals surface area contributed by atoms with E-state index in [1.807, 2.05) is 18.4 Å². The Balaban J connectivity index is 0.00000240. The maximum absolute atomic E-state index is 11.9. The Morgan fingerprint density at radius 3 is 2.79 bits per heavy atom. The van der Waals surface area contributed by atoms with Crippen LogP contribution in [0.25, 0.3) is 6.08 Å². The van der Waals surface area contributed by atoms with Gasteiger partial charge in [-0.25, -0.2) is 0 Å². The van der Waals surface area contributed by atoms with Crippen molar-refractivity contribution in [2.75, 3.05) is 0 Å². The summed E-state index contributed by atoms with van der Waals surface area (Å²) in [4.78, 5) is 20.1. The summed E-state index contributed by atoms with van der Waals surface area (Å²) < 4.78 is 0.